The molecule has 76 valence electrons. The summed E-state index contributed by atoms with van der Waals surface area (Å²) in [6.45, 7) is 11.1. The Morgan fingerprint density at radius 2 is 2.14 bits per heavy atom. The average Bonchev–Trinajstić information content (AvgIpc) is 2.15. The Kier molecular flexibility index (Phi) is 3.75. The molecule has 0 saturated heterocycles. The van der Waals surface area contributed by atoms with Gasteiger partial charge in [0.2, 0.25) is 0 Å². The summed E-state index contributed by atoms with van der Waals surface area (Å²) in [7, 11) is 0. The first-order valence-electron chi connectivity index (χ1n) is 5.12. The molecule has 0 amide bonds. The van der Waals surface area contributed by atoms with Gasteiger partial charge in [0.25, 0.3) is 0 Å². The van der Waals surface area contributed by atoms with Crippen molar-refractivity contribution >= 4 is 5.69 Å². The molecule has 0 saturated carbocycles. The van der Waals surface area contributed by atoms with Crippen molar-refractivity contribution in [3.63, 3.8) is 0 Å². The number of benzene rings is 1. The van der Waals surface area contributed by atoms with Crippen molar-refractivity contribution in [2.75, 3.05) is 11.9 Å². The number of anilines is 1. The van der Waals surface area contributed by atoms with Crippen LogP contribution < -0.4 is 5.32 Å². The molecule has 1 aromatic rings. The highest BCUT2D eigenvalue weighted by atomic mass is 14.9. The van der Waals surface area contributed by atoms with E-state index in [0.717, 1.165) is 18.5 Å². The van der Waals surface area contributed by atoms with Gasteiger partial charge in [-0.15, -0.1) is 0 Å². The molecule has 1 heteroatoms. The largest absolute Gasteiger partial charge is 0.381 e. The highest BCUT2D eigenvalue weighted by Crippen LogP contribution is 2.20. The number of hydrogen-bond acceptors (Lipinski definition) is 1. The van der Waals surface area contributed by atoms with E-state index in [-0.39, 0.29) is 0 Å². The summed E-state index contributed by atoms with van der Waals surface area (Å²) in [5.74, 6) is 0. The molecule has 0 atom stereocenters. The van der Waals surface area contributed by atoms with Crippen LogP contribution in [0.3, 0.4) is 0 Å². The van der Waals surface area contributed by atoms with Crippen molar-refractivity contribution in [3.8, 4) is 0 Å². The van der Waals surface area contributed by atoms with Gasteiger partial charge in [-0.3, -0.25) is 0 Å². The monoisotopic (exact) mass is 189 g/mol. The van der Waals surface area contributed by atoms with E-state index < -0.39 is 0 Å². The maximum absolute atomic E-state index is 3.89. The van der Waals surface area contributed by atoms with E-state index in [2.05, 4.69) is 43.9 Å². The molecule has 0 unspecified atom stereocenters. The number of nitrogens with one attached hydrogen (secondary N) is 1. The van der Waals surface area contributed by atoms with Crippen LogP contribution in [0, 0.1) is 6.92 Å². The molecule has 0 aromatic heterocycles. The Bertz CT molecular complexity index is 326. The third-order valence-corrected chi connectivity index (χ3v) is 2.31. The smallest absolute Gasteiger partial charge is 0.0404 e. The molecule has 0 spiro atoms. The van der Waals surface area contributed by atoms with E-state index in [1.165, 1.54) is 16.8 Å². The maximum atomic E-state index is 3.89. The highest BCUT2D eigenvalue weighted by molar-refractivity contribution is 5.57. The van der Waals surface area contributed by atoms with Gasteiger partial charge in [-0.2, -0.15) is 0 Å². The first-order chi connectivity index (χ1) is 6.65. The maximum Gasteiger partial charge on any atom is 0.0404 e. The summed E-state index contributed by atoms with van der Waals surface area (Å²) in [6, 6.07) is 6.42. The average molecular weight is 189 g/mol. The van der Waals surface area contributed by atoms with E-state index in [1.807, 2.05) is 6.92 Å². The van der Waals surface area contributed by atoms with Crippen LogP contribution >= 0.6 is 0 Å². The molecule has 1 rings (SSSR count). The predicted octanol–water partition coefficient (Wildman–Crippen LogP) is 3.55. The van der Waals surface area contributed by atoms with Gasteiger partial charge in [0.15, 0.2) is 0 Å². The molecule has 0 aliphatic rings. The Hall–Kier alpha value is -1.24. The Morgan fingerprint density at radius 3 is 2.71 bits per heavy atom. The second-order valence-corrected chi connectivity index (χ2v) is 3.77. The molecule has 1 N–H and O–H groups in total. The van der Waals surface area contributed by atoms with Crippen LogP contribution in [0.1, 0.15) is 25.0 Å². The standard InChI is InChI=1S/C13H19N/c1-5-12-8-6-7-11(4)13(12)14-9-10(2)3/h6-8,14H,2,5,9H2,1,3-4H3. The lowest BCUT2D eigenvalue weighted by Gasteiger charge is -2.13. The van der Waals surface area contributed by atoms with Gasteiger partial charge in [-0.05, 0) is 31.4 Å². The van der Waals surface area contributed by atoms with Crippen molar-refractivity contribution in [3.05, 3.63) is 41.5 Å². The fourth-order valence-corrected chi connectivity index (χ4v) is 1.52. The van der Waals surface area contributed by atoms with E-state index >= 15 is 0 Å². The van der Waals surface area contributed by atoms with Crippen molar-refractivity contribution < 1.29 is 0 Å². The summed E-state index contributed by atoms with van der Waals surface area (Å²) >= 11 is 0. The first kappa shape index (κ1) is 10.8. The van der Waals surface area contributed by atoms with Gasteiger partial charge in [0.1, 0.15) is 0 Å². The van der Waals surface area contributed by atoms with Crippen LogP contribution in [-0.4, -0.2) is 6.54 Å². The van der Waals surface area contributed by atoms with Crippen molar-refractivity contribution in [1.82, 2.24) is 0 Å². The molecular weight excluding hydrogens is 170 g/mol. The van der Waals surface area contributed by atoms with Crippen LogP contribution in [0.4, 0.5) is 5.69 Å². The quantitative estimate of drug-likeness (QED) is 0.714. The van der Waals surface area contributed by atoms with E-state index in [9.17, 15) is 0 Å². The molecule has 0 radical (unpaired) electrons. The fraction of sp³-hybridized carbons (Fsp3) is 0.385. The Balaban J connectivity index is 2.87. The predicted molar refractivity (Wildman–Crippen MR) is 63.9 cm³/mol. The van der Waals surface area contributed by atoms with Crippen molar-refractivity contribution in [2.45, 2.75) is 27.2 Å². The summed E-state index contributed by atoms with van der Waals surface area (Å²) in [5.41, 5.74) is 5.13. The number of para-hydroxylation sites is 1. The molecular formula is C13H19N. The normalized spacial score (nSPS) is 9.93. The molecule has 0 aliphatic carbocycles. The van der Waals surface area contributed by atoms with Gasteiger partial charge in [-0.1, -0.05) is 37.3 Å². The van der Waals surface area contributed by atoms with Gasteiger partial charge in [-0.25, -0.2) is 0 Å². The Labute approximate surface area is 86.8 Å². The molecule has 0 bridgehead atoms. The molecule has 0 aliphatic heterocycles. The van der Waals surface area contributed by atoms with Gasteiger partial charge >= 0.3 is 0 Å². The molecule has 1 nitrogen and oxygen atoms in total. The minimum atomic E-state index is 0.859. The van der Waals surface area contributed by atoms with Crippen LogP contribution in [-0.2, 0) is 6.42 Å². The lowest BCUT2D eigenvalue weighted by Crippen LogP contribution is -2.05. The minimum Gasteiger partial charge on any atom is -0.381 e. The first-order valence-corrected chi connectivity index (χ1v) is 5.12. The van der Waals surface area contributed by atoms with Crippen molar-refractivity contribution in [2.24, 2.45) is 0 Å². The van der Waals surface area contributed by atoms with Crippen molar-refractivity contribution in [1.29, 1.82) is 0 Å². The lowest BCUT2D eigenvalue weighted by molar-refractivity contribution is 1.11. The van der Waals surface area contributed by atoms with E-state index in [4.69, 9.17) is 0 Å². The third-order valence-electron chi connectivity index (χ3n) is 2.31. The molecule has 14 heavy (non-hydrogen) atoms. The second kappa shape index (κ2) is 4.85. The van der Waals surface area contributed by atoms with Crippen LogP contribution in [0.5, 0.6) is 0 Å². The zero-order valence-corrected chi connectivity index (χ0v) is 9.35. The summed E-state index contributed by atoms with van der Waals surface area (Å²) in [4.78, 5) is 0. The minimum absolute atomic E-state index is 0.859. The second-order valence-electron chi connectivity index (χ2n) is 3.77. The summed E-state index contributed by atoms with van der Waals surface area (Å²) in [6.07, 6.45) is 1.07. The fourth-order valence-electron chi connectivity index (χ4n) is 1.52. The van der Waals surface area contributed by atoms with Crippen LogP contribution in [0.2, 0.25) is 0 Å². The highest BCUT2D eigenvalue weighted by Gasteiger charge is 2.02. The zero-order chi connectivity index (χ0) is 10.6. The SMILES string of the molecule is C=C(C)CNc1c(C)cccc1CC. The zero-order valence-electron chi connectivity index (χ0n) is 9.35. The summed E-state index contributed by atoms with van der Waals surface area (Å²) < 4.78 is 0. The van der Waals surface area contributed by atoms with Gasteiger partial charge < -0.3 is 5.32 Å². The topological polar surface area (TPSA) is 12.0 Å². The van der Waals surface area contributed by atoms with Crippen LogP contribution in [0.25, 0.3) is 0 Å². The molecule has 1 aromatic carbocycles. The third kappa shape index (κ3) is 2.63. The molecule has 0 fully saturated rings. The number of rotatable bonds is 4. The lowest BCUT2D eigenvalue weighted by atomic mass is 10.1. The number of aryl methyl sites for hydroxylation is 2. The van der Waals surface area contributed by atoms with E-state index in [0.29, 0.717) is 0 Å². The van der Waals surface area contributed by atoms with Gasteiger partial charge in [0, 0.05) is 12.2 Å². The molecule has 0 heterocycles. The van der Waals surface area contributed by atoms with Crippen LogP contribution in [0.15, 0.2) is 30.4 Å². The summed E-state index contributed by atoms with van der Waals surface area (Å²) in [5, 5.41) is 3.43. The van der Waals surface area contributed by atoms with E-state index in [1.54, 1.807) is 0 Å². The Morgan fingerprint density at radius 1 is 1.43 bits per heavy atom. The number of hydrogen-bond donors (Lipinski definition) is 1. The van der Waals surface area contributed by atoms with Gasteiger partial charge in [0.05, 0.1) is 0 Å².